The van der Waals surface area contributed by atoms with Gasteiger partial charge in [0.15, 0.2) is 0 Å². The van der Waals surface area contributed by atoms with Crippen LogP contribution in [0.2, 0.25) is 0 Å². The van der Waals surface area contributed by atoms with Crippen molar-refractivity contribution in [2.45, 2.75) is 32.4 Å². The van der Waals surface area contributed by atoms with Gasteiger partial charge in [0, 0.05) is 26.5 Å². The third-order valence-corrected chi connectivity index (χ3v) is 3.69. The predicted octanol–water partition coefficient (Wildman–Crippen LogP) is 1.73. The third kappa shape index (κ3) is 4.63. The zero-order valence-electron chi connectivity index (χ0n) is 13.4. The quantitative estimate of drug-likeness (QED) is 0.565. The lowest BCUT2D eigenvalue weighted by Crippen LogP contribution is -2.29. The molecule has 8 nitrogen and oxygen atoms in total. The second kappa shape index (κ2) is 8.21. The summed E-state index contributed by atoms with van der Waals surface area (Å²) < 4.78 is 1.58. The molecular weight excluding hydrogens is 312 g/mol. The fraction of sp³-hybridized carbons (Fsp3) is 0.375. The number of benzene rings is 1. The predicted molar refractivity (Wildman–Crippen MR) is 87.3 cm³/mol. The number of carbonyl (C=O) groups excluding carboxylic acids is 1. The first-order valence-corrected chi connectivity index (χ1v) is 7.64. The monoisotopic (exact) mass is 332 g/mol. The molecule has 0 aliphatic rings. The van der Waals surface area contributed by atoms with Gasteiger partial charge in [0.2, 0.25) is 11.7 Å². The molecule has 0 spiro atoms. The van der Waals surface area contributed by atoms with E-state index in [9.17, 15) is 20.0 Å². The standard InChI is InChI=1S/C16H20N4O4/c1-12-17-15(20(23)24)11-19(12)9-7-16(22)18-14(8-10-21)13-5-3-2-4-6-13/h2-6,11,14,21H,7-10H2,1H3,(H,18,22). The topological polar surface area (TPSA) is 110 Å². The normalized spacial score (nSPS) is 11.9. The molecule has 1 amide bonds. The molecule has 128 valence electrons. The van der Waals surface area contributed by atoms with E-state index < -0.39 is 4.92 Å². The van der Waals surface area contributed by atoms with Crippen LogP contribution >= 0.6 is 0 Å². The maximum atomic E-state index is 12.2. The second-order valence-electron chi connectivity index (χ2n) is 5.39. The van der Waals surface area contributed by atoms with Gasteiger partial charge in [-0.3, -0.25) is 4.79 Å². The van der Waals surface area contributed by atoms with Gasteiger partial charge >= 0.3 is 5.82 Å². The molecule has 1 aromatic heterocycles. The first kappa shape index (κ1) is 17.6. The second-order valence-corrected chi connectivity index (χ2v) is 5.39. The van der Waals surface area contributed by atoms with Gasteiger partial charge in [-0.15, -0.1) is 0 Å². The third-order valence-electron chi connectivity index (χ3n) is 3.69. The van der Waals surface area contributed by atoms with Crippen LogP contribution in [0.3, 0.4) is 0 Å². The summed E-state index contributed by atoms with van der Waals surface area (Å²) in [4.78, 5) is 26.1. The summed E-state index contributed by atoms with van der Waals surface area (Å²) in [6, 6.07) is 9.16. The summed E-state index contributed by atoms with van der Waals surface area (Å²) in [5, 5.41) is 22.8. The van der Waals surface area contributed by atoms with Gasteiger partial charge in [-0.1, -0.05) is 30.3 Å². The van der Waals surface area contributed by atoms with Crippen molar-refractivity contribution in [1.29, 1.82) is 0 Å². The highest BCUT2D eigenvalue weighted by Gasteiger charge is 2.17. The van der Waals surface area contributed by atoms with Crippen LogP contribution in [0.5, 0.6) is 0 Å². The van der Waals surface area contributed by atoms with Crippen molar-refractivity contribution in [3.63, 3.8) is 0 Å². The molecule has 1 aromatic carbocycles. The van der Waals surface area contributed by atoms with E-state index >= 15 is 0 Å². The molecule has 2 rings (SSSR count). The summed E-state index contributed by atoms with van der Waals surface area (Å²) in [5.74, 6) is 0.0767. The molecule has 2 N–H and O–H groups in total. The van der Waals surface area contributed by atoms with Crippen LogP contribution < -0.4 is 5.32 Å². The molecule has 0 radical (unpaired) electrons. The van der Waals surface area contributed by atoms with E-state index in [1.807, 2.05) is 30.3 Å². The van der Waals surface area contributed by atoms with Crippen LogP contribution in [0.15, 0.2) is 36.5 Å². The van der Waals surface area contributed by atoms with E-state index in [-0.39, 0.29) is 30.8 Å². The smallest absolute Gasteiger partial charge is 0.381 e. The number of carbonyl (C=O) groups is 1. The molecule has 1 atom stereocenters. The average Bonchev–Trinajstić information content (AvgIpc) is 2.95. The minimum Gasteiger partial charge on any atom is -0.396 e. The van der Waals surface area contributed by atoms with Crippen LogP contribution in [0.25, 0.3) is 0 Å². The maximum Gasteiger partial charge on any atom is 0.381 e. The summed E-state index contributed by atoms with van der Waals surface area (Å²) in [6.07, 6.45) is 1.92. The van der Waals surface area contributed by atoms with Crippen molar-refractivity contribution >= 4 is 11.7 Å². The number of aromatic nitrogens is 2. The van der Waals surface area contributed by atoms with Gasteiger partial charge in [-0.05, 0) is 21.9 Å². The molecular formula is C16H20N4O4. The first-order chi connectivity index (χ1) is 11.5. The zero-order chi connectivity index (χ0) is 17.5. The summed E-state index contributed by atoms with van der Waals surface area (Å²) in [7, 11) is 0. The zero-order valence-corrected chi connectivity index (χ0v) is 13.4. The van der Waals surface area contributed by atoms with E-state index in [2.05, 4.69) is 10.3 Å². The number of nitrogens with zero attached hydrogens (tertiary/aromatic N) is 3. The minimum atomic E-state index is -0.559. The Hall–Kier alpha value is -2.74. The van der Waals surface area contributed by atoms with E-state index in [4.69, 9.17) is 0 Å². The maximum absolute atomic E-state index is 12.2. The highest BCUT2D eigenvalue weighted by Crippen LogP contribution is 2.16. The van der Waals surface area contributed by atoms with Crippen molar-refractivity contribution in [2.75, 3.05) is 6.61 Å². The number of aliphatic hydroxyl groups excluding tert-OH is 1. The van der Waals surface area contributed by atoms with Crippen molar-refractivity contribution in [3.05, 3.63) is 58.0 Å². The van der Waals surface area contributed by atoms with Crippen LogP contribution in [0.4, 0.5) is 5.82 Å². The molecule has 1 heterocycles. The molecule has 0 bridgehead atoms. The highest BCUT2D eigenvalue weighted by molar-refractivity contribution is 5.76. The largest absolute Gasteiger partial charge is 0.396 e. The lowest BCUT2D eigenvalue weighted by atomic mass is 10.0. The van der Waals surface area contributed by atoms with Gasteiger partial charge in [0.25, 0.3) is 0 Å². The number of imidazole rings is 1. The van der Waals surface area contributed by atoms with E-state index in [0.717, 1.165) is 5.56 Å². The number of aryl methyl sites for hydroxylation is 2. The molecule has 24 heavy (non-hydrogen) atoms. The Labute approximate surface area is 139 Å². The minimum absolute atomic E-state index is 0.0351. The van der Waals surface area contributed by atoms with E-state index in [1.165, 1.54) is 6.20 Å². The molecule has 0 aliphatic heterocycles. The van der Waals surface area contributed by atoms with Crippen molar-refractivity contribution in [3.8, 4) is 0 Å². The summed E-state index contributed by atoms with van der Waals surface area (Å²) in [6.45, 7) is 1.93. The number of hydrogen-bond acceptors (Lipinski definition) is 5. The van der Waals surface area contributed by atoms with Crippen LogP contribution in [-0.4, -0.2) is 32.1 Å². The molecule has 0 saturated carbocycles. The van der Waals surface area contributed by atoms with E-state index in [0.29, 0.717) is 18.8 Å². The van der Waals surface area contributed by atoms with Crippen molar-refractivity contribution in [1.82, 2.24) is 14.9 Å². The molecule has 0 fully saturated rings. The molecule has 1 unspecified atom stereocenters. The fourth-order valence-electron chi connectivity index (χ4n) is 2.43. The Kier molecular flexibility index (Phi) is 6.02. The van der Waals surface area contributed by atoms with Crippen molar-refractivity contribution < 1.29 is 14.8 Å². The first-order valence-electron chi connectivity index (χ1n) is 7.64. The Balaban J connectivity index is 1.95. The van der Waals surface area contributed by atoms with Gasteiger partial charge in [-0.2, -0.15) is 0 Å². The van der Waals surface area contributed by atoms with Crippen molar-refractivity contribution in [2.24, 2.45) is 0 Å². The highest BCUT2D eigenvalue weighted by atomic mass is 16.6. The number of aliphatic hydroxyl groups is 1. The summed E-state index contributed by atoms with van der Waals surface area (Å²) in [5.41, 5.74) is 0.925. The number of amides is 1. The van der Waals surface area contributed by atoms with Crippen LogP contribution in [0.1, 0.15) is 30.3 Å². The van der Waals surface area contributed by atoms with Gasteiger partial charge in [0.1, 0.15) is 6.20 Å². The Bertz CT molecular complexity index is 699. The van der Waals surface area contributed by atoms with Gasteiger partial charge < -0.3 is 25.1 Å². The lowest BCUT2D eigenvalue weighted by Gasteiger charge is -2.18. The molecule has 0 aliphatic carbocycles. The van der Waals surface area contributed by atoms with Gasteiger partial charge in [0.05, 0.1) is 6.04 Å². The van der Waals surface area contributed by atoms with Crippen LogP contribution in [-0.2, 0) is 11.3 Å². The Morgan fingerprint density at radius 2 is 2.12 bits per heavy atom. The summed E-state index contributed by atoms with van der Waals surface area (Å²) >= 11 is 0. The lowest BCUT2D eigenvalue weighted by molar-refractivity contribution is -0.389. The average molecular weight is 332 g/mol. The van der Waals surface area contributed by atoms with E-state index in [1.54, 1.807) is 11.5 Å². The molecule has 8 heteroatoms. The fourth-order valence-corrected chi connectivity index (χ4v) is 2.43. The Morgan fingerprint density at radius 3 is 2.71 bits per heavy atom. The number of nitro groups is 1. The van der Waals surface area contributed by atoms with Gasteiger partial charge in [-0.25, -0.2) is 0 Å². The molecule has 2 aromatic rings. The molecule has 0 saturated heterocycles. The SMILES string of the molecule is Cc1nc([N+](=O)[O-])cn1CCC(=O)NC(CCO)c1ccccc1. The van der Waals surface area contributed by atoms with Crippen LogP contribution in [0, 0.1) is 17.0 Å². The Morgan fingerprint density at radius 1 is 1.42 bits per heavy atom. The number of nitrogens with one attached hydrogen (secondary N) is 1. The number of hydrogen-bond donors (Lipinski definition) is 2. The number of rotatable bonds is 8.